The highest BCUT2D eigenvalue weighted by Gasteiger charge is 2.16. The molecule has 94 valence electrons. The van der Waals surface area contributed by atoms with Crippen LogP contribution in [-0.2, 0) is 9.53 Å². The van der Waals surface area contributed by atoms with Gasteiger partial charge in [0.05, 0.1) is 18.5 Å². The van der Waals surface area contributed by atoms with Gasteiger partial charge in [0.15, 0.2) is 0 Å². The number of rotatable bonds is 3. The van der Waals surface area contributed by atoms with Crippen LogP contribution in [0.2, 0.25) is 0 Å². The zero-order valence-corrected chi connectivity index (χ0v) is 10.1. The molecule has 2 rings (SSSR count). The maximum atomic E-state index is 11.8. The van der Waals surface area contributed by atoms with Crippen LogP contribution in [0.15, 0.2) is 24.5 Å². The first-order valence-corrected chi connectivity index (χ1v) is 5.54. The molecule has 0 spiro atoms. The number of esters is 1. The number of hydrogen-bond donors (Lipinski definition) is 1. The van der Waals surface area contributed by atoms with Crippen molar-refractivity contribution in [3.63, 3.8) is 0 Å². The van der Waals surface area contributed by atoms with Crippen molar-refractivity contribution >= 4 is 23.1 Å². The quantitative estimate of drug-likeness (QED) is 0.833. The van der Waals surface area contributed by atoms with Crippen molar-refractivity contribution in [2.24, 2.45) is 0 Å². The Labute approximate surface area is 104 Å². The minimum atomic E-state index is -0.453. The summed E-state index contributed by atoms with van der Waals surface area (Å²) >= 11 is 0. The van der Waals surface area contributed by atoms with E-state index in [4.69, 9.17) is 4.74 Å². The third kappa shape index (κ3) is 2.17. The standard InChI is InChI=1S/C12H13N3O3/c1-3-18-12(17)9-7-13-15-6-4-5-10(11(9)15)14-8(2)16/h4-7H,3H2,1-2H3,(H,14,16). The minimum absolute atomic E-state index is 0.209. The predicted octanol–water partition coefficient (Wildman–Crippen LogP) is 1.47. The molecular weight excluding hydrogens is 234 g/mol. The molecule has 1 amide bonds. The monoisotopic (exact) mass is 247 g/mol. The van der Waals surface area contributed by atoms with Crippen LogP contribution >= 0.6 is 0 Å². The molecule has 2 aromatic rings. The summed E-state index contributed by atoms with van der Waals surface area (Å²) in [6.07, 6.45) is 3.13. The molecule has 0 unspecified atom stereocenters. The SMILES string of the molecule is CCOC(=O)c1cnn2cccc(NC(C)=O)c12. The van der Waals surface area contributed by atoms with E-state index in [0.717, 1.165) is 0 Å². The Bertz CT molecular complexity index is 604. The van der Waals surface area contributed by atoms with Gasteiger partial charge >= 0.3 is 5.97 Å². The lowest BCUT2D eigenvalue weighted by molar-refractivity contribution is -0.114. The van der Waals surface area contributed by atoms with E-state index < -0.39 is 5.97 Å². The largest absolute Gasteiger partial charge is 0.462 e. The van der Waals surface area contributed by atoms with Gasteiger partial charge in [0.2, 0.25) is 5.91 Å². The van der Waals surface area contributed by atoms with Crippen molar-refractivity contribution in [1.29, 1.82) is 0 Å². The van der Waals surface area contributed by atoms with Gasteiger partial charge < -0.3 is 10.1 Å². The van der Waals surface area contributed by atoms with Crippen LogP contribution in [-0.4, -0.2) is 28.1 Å². The molecule has 0 aliphatic carbocycles. The number of aromatic nitrogens is 2. The molecule has 0 atom stereocenters. The topological polar surface area (TPSA) is 72.7 Å². The van der Waals surface area contributed by atoms with Crippen molar-refractivity contribution < 1.29 is 14.3 Å². The normalized spacial score (nSPS) is 10.3. The third-order valence-electron chi connectivity index (χ3n) is 2.35. The van der Waals surface area contributed by atoms with Crippen LogP contribution in [0.3, 0.4) is 0 Å². The fraction of sp³-hybridized carbons (Fsp3) is 0.250. The van der Waals surface area contributed by atoms with Crippen LogP contribution in [0.5, 0.6) is 0 Å². The minimum Gasteiger partial charge on any atom is -0.462 e. The number of anilines is 1. The highest BCUT2D eigenvalue weighted by Crippen LogP contribution is 2.21. The third-order valence-corrected chi connectivity index (χ3v) is 2.35. The molecule has 6 heteroatoms. The molecule has 6 nitrogen and oxygen atoms in total. The molecule has 0 saturated carbocycles. The Kier molecular flexibility index (Phi) is 3.27. The highest BCUT2D eigenvalue weighted by molar-refractivity contribution is 6.03. The molecule has 0 aliphatic heterocycles. The summed E-state index contributed by atoms with van der Waals surface area (Å²) in [5.41, 5.74) is 1.40. The molecule has 0 radical (unpaired) electrons. The van der Waals surface area contributed by atoms with Gasteiger partial charge in [-0.1, -0.05) is 0 Å². The van der Waals surface area contributed by atoms with Crippen LogP contribution < -0.4 is 5.32 Å². The maximum Gasteiger partial charge on any atom is 0.342 e. The smallest absolute Gasteiger partial charge is 0.342 e. The molecular formula is C12H13N3O3. The average Bonchev–Trinajstić information content (AvgIpc) is 2.73. The first-order chi connectivity index (χ1) is 8.63. The van der Waals surface area contributed by atoms with Crippen molar-refractivity contribution in [2.45, 2.75) is 13.8 Å². The number of carbonyl (C=O) groups excluding carboxylic acids is 2. The van der Waals surface area contributed by atoms with Gasteiger partial charge in [-0.25, -0.2) is 9.31 Å². The molecule has 0 fully saturated rings. The average molecular weight is 247 g/mol. The van der Waals surface area contributed by atoms with E-state index in [1.54, 1.807) is 25.3 Å². The fourth-order valence-corrected chi connectivity index (χ4v) is 1.69. The van der Waals surface area contributed by atoms with Crippen molar-refractivity contribution in [3.05, 3.63) is 30.1 Å². The van der Waals surface area contributed by atoms with Crippen LogP contribution in [0, 0.1) is 0 Å². The van der Waals surface area contributed by atoms with Gasteiger partial charge in [-0.2, -0.15) is 5.10 Å². The Hall–Kier alpha value is -2.37. The van der Waals surface area contributed by atoms with E-state index in [9.17, 15) is 9.59 Å². The predicted molar refractivity (Wildman–Crippen MR) is 65.5 cm³/mol. The lowest BCUT2D eigenvalue weighted by Crippen LogP contribution is -2.09. The first kappa shape index (κ1) is 12.1. The summed E-state index contributed by atoms with van der Waals surface area (Å²) in [6.45, 7) is 3.43. The van der Waals surface area contributed by atoms with Crippen LogP contribution in [0.25, 0.3) is 5.52 Å². The van der Waals surface area contributed by atoms with E-state index in [2.05, 4.69) is 10.4 Å². The number of amides is 1. The first-order valence-electron chi connectivity index (χ1n) is 5.54. The van der Waals surface area contributed by atoms with Crippen molar-refractivity contribution in [2.75, 3.05) is 11.9 Å². The molecule has 0 saturated heterocycles. The number of nitrogens with zero attached hydrogens (tertiary/aromatic N) is 2. The van der Waals surface area contributed by atoms with Gasteiger partial charge in [-0.15, -0.1) is 0 Å². The highest BCUT2D eigenvalue weighted by atomic mass is 16.5. The lowest BCUT2D eigenvalue weighted by Gasteiger charge is -2.06. The lowest BCUT2D eigenvalue weighted by atomic mass is 10.2. The zero-order valence-electron chi connectivity index (χ0n) is 10.1. The number of hydrogen-bond acceptors (Lipinski definition) is 4. The van der Waals surface area contributed by atoms with Crippen molar-refractivity contribution in [3.8, 4) is 0 Å². The summed E-state index contributed by atoms with van der Waals surface area (Å²) in [5.74, 6) is -0.663. The van der Waals surface area contributed by atoms with Gasteiger partial charge in [-0.3, -0.25) is 4.79 Å². The van der Waals surface area contributed by atoms with E-state index in [1.807, 2.05) is 0 Å². The Morgan fingerprint density at radius 3 is 2.94 bits per heavy atom. The van der Waals surface area contributed by atoms with E-state index >= 15 is 0 Å². The number of fused-ring (bicyclic) bond motifs is 1. The van der Waals surface area contributed by atoms with E-state index in [1.165, 1.54) is 17.6 Å². The Morgan fingerprint density at radius 1 is 1.50 bits per heavy atom. The molecule has 2 aromatic heterocycles. The second-order valence-electron chi connectivity index (χ2n) is 3.67. The number of carbonyl (C=O) groups is 2. The van der Waals surface area contributed by atoms with Gasteiger partial charge in [0.1, 0.15) is 11.1 Å². The number of nitrogens with one attached hydrogen (secondary N) is 1. The number of pyridine rings is 1. The fourth-order valence-electron chi connectivity index (χ4n) is 1.69. The maximum absolute atomic E-state index is 11.8. The second kappa shape index (κ2) is 4.87. The van der Waals surface area contributed by atoms with Crippen LogP contribution in [0.1, 0.15) is 24.2 Å². The Balaban J connectivity index is 2.54. The van der Waals surface area contributed by atoms with E-state index in [0.29, 0.717) is 23.4 Å². The molecule has 1 N–H and O–H groups in total. The van der Waals surface area contributed by atoms with Gasteiger partial charge in [0, 0.05) is 13.1 Å². The molecule has 2 heterocycles. The molecule has 0 aromatic carbocycles. The molecule has 18 heavy (non-hydrogen) atoms. The van der Waals surface area contributed by atoms with Crippen LogP contribution in [0.4, 0.5) is 5.69 Å². The van der Waals surface area contributed by atoms with E-state index in [-0.39, 0.29) is 5.91 Å². The van der Waals surface area contributed by atoms with Gasteiger partial charge in [0.25, 0.3) is 0 Å². The second-order valence-corrected chi connectivity index (χ2v) is 3.67. The summed E-state index contributed by atoms with van der Waals surface area (Å²) in [4.78, 5) is 22.9. The summed E-state index contributed by atoms with van der Waals surface area (Å²) in [5, 5.41) is 6.72. The summed E-state index contributed by atoms with van der Waals surface area (Å²) < 4.78 is 6.47. The molecule has 0 bridgehead atoms. The zero-order chi connectivity index (χ0) is 13.1. The Morgan fingerprint density at radius 2 is 2.28 bits per heavy atom. The van der Waals surface area contributed by atoms with Crippen molar-refractivity contribution in [1.82, 2.24) is 9.61 Å². The molecule has 0 aliphatic rings. The number of ether oxygens (including phenoxy) is 1. The summed E-state index contributed by atoms with van der Waals surface area (Å²) in [7, 11) is 0. The summed E-state index contributed by atoms with van der Waals surface area (Å²) in [6, 6.07) is 3.45. The van der Waals surface area contributed by atoms with Gasteiger partial charge in [-0.05, 0) is 19.1 Å².